The van der Waals surface area contributed by atoms with E-state index in [1.54, 1.807) is 0 Å². The van der Waals surface area contributed by atoms with Crippen molar-refractivity contribution in [2.75, 3.05) is 13.1 Å². The molecular formula is C15H20ClNO. The predicted molar refractivity (Wildman–Crippen MR) is 75.0 cm³/mol. The lowest BCUT2D eigenvalue weighted by molar-refractivity contribution is -0.131. The number of alkyl halides is 1. The molecule has 0 spiro atoms. The van der Waals surface area contributed by atoms with Gasteiger partial charge in [0.1, 0.15) is 0 Å². The molecule has 1 aromatic rings. The fourth-order valence-corrected chi connectivity index (χ4v) is 2.75. The maximum absolute atomic E-state index is 12.1. The summed E-state index contributed by atoms with van der Waals surface area (Å²) in [5.41, 5.74) is 2.49. The molecule has 1 aromatic carbocycles. The molecule has 0 bridgehead atoms. The van der Waals surface area contributed by atoms with E-state index >= 15 is 0 Å². The van der Waals surface area contributed by atoms with Crippen LogP contribution in [0.4, 0.5) is 0 Å². The number of hydrogen-bond donors (Lipinski definition) is 0. The summed E-state index contributed by atoms with van der Waals surface area (Å²) in [6.45, 7) is 3.66. The molecule has 3 heteroatoms. The van der Waals surface area contributed by atoms with Crippen LogP contribution in [-0.2, 0) is 11.2 Å². The van der Waals surface area contributed by atoms with Gasteiger partial charge in [-0.05, 0) is 31.7 Å². The minimum Gasteiger partial charge on any atom is -0.341 e. The molecule has 0 aliphatic carbocycles. The molecule has 0 N–H and O–H groups in total. The number of nitrogens with zero attached hydrogens (tertiary/aromatic N) is 1. The Morgan fingerprint density at radius 2 is 2.33 bits per heavy atom. The largest absolute Gasteiger partial charge is 0.341 e. The van der Waals surface area contributed by atoms with E-state index in [-0.39, 0.29) is 11.3 Å². The highest BCUT2D eigenvalue weighted by molar-refractivity contribution is 6.20. The van der Waals surface area contributed by atoms with Crippen LogP contribution in [0.3, 0.4) is 0 Å². The van der Waals surface area contributed by atoms with Crippen LogP contribution in [0.1, 0.15) is 30.4 Å². The maximum atomic E-state index is 12.1. The van der Waals surface area contributed by atoms with Gasteiger partial charge in [0.25, 0.3) is 0 Å². The predicted octanol–water partition coefficient (Wildman–Crippen LogP) is 3.16. The molecule has 0 radical (unpaired) electrons. The van der Waals surface area contributed by atoms with Crippen LogP contribution in [0.25, 0.3) is 0 Å². The molecule has 1 heterocycles. The summed E-state index contributed by atoms with van der Waals surface area (Å²) in [6.07, 6.45) is 3.48. The fourth-order valence-electron chi connectivity index (χ4n) is 2.43. The number of likely N-dealkylation sites (tertiary alicyclic amines) is 1. The molecule has 98 valence electrons. The first-order valence-electron chi connectivity index (χ1n) is 6.62. The summed E-state index contributed by atoms with van der Waals surface area (Å²) >= 11 is 6.10. The average Bonchev–Trinajstić information content (AvgIpc) is 2.36. The Balaban J connectivity index is 1.84. The third-order valence-electron chi connectivity index (χ3n) is 3.43. The Kier molecular flexibility index (Phi) is 4.65. The van der Waals surface area contributed by atoms with Gasteiger partial charge in [-0.25, -0.2) is 0 Å². The van der Waals surface area contributed by atoms with Crippen molar-refractivity contribution in [2.24, 2.45) is 0 Å². The second kappa shape index (κ2) is 6.24. The average molecular weight is 266 g/mol. The summed E-state index contributed by atoms with van der Waals surface area (Å²) < 4.78 is 0. The van der Waals surface area contributed by atoms with E-state index in [1.807, 2.05) is 11.0 Å². The quantitative estimate of drug-likeness (QED) is 0.769. The first kappa shape index (κ1) is 13.4. The minimum absolute atomic E-state index is 0.140. The third kappa shape index (κ3) is 3.74. The van der Waals surface area contributed by atoms with Gasteiger partial charge in [-0.2, -0.15) is 0 Å². The van der Waals surface area contributed by atoms with Crippen molar-refractivity contribution >= 4 is 17.5 Å². The van der Waals surface area contributed by atoms with Crippen LogP contribution in [0.5, 0.6) is 0 Å². The summed E-state index contributed by atoms with van der Waals surface area (Å²) in [7, 11) is 0. The SMILES string of the molecule is Cc1cccc(CCC(=O)N2CCCC(Cl)C2)c1. The van der Waals surface area contributed by atoms with Gasteiger partial charge < -0.3 is 4.90 Å². The Morgan fingerprint density at radius 3 is 3.06 bits per heavy atom. The molecule has 18 heavy (non-hydrogen) atoms. The summed E-state index contributed by atoms with van der Waals surface area (Å²) in [6, 6.07) is 8.35. The van der Waals surface area contributed by atoms with Gasteiger partial charge in [0.15, 0.2) is 0 Å². The van der Waals surface area contributed by atoms with Gasteiger partial charge in [-0.15, -0.1) is 11.6 Å². The van der Waals surface area contributed by atoms with E-state index in [4.69, 9.17) is 11.6 Å². The Labute approximate surface area is 114 Å². The van der Waals surface area contributed by atoms with E-state index in [1.165, 1.54) is 11.1 Å². The molecule has 1 amide bonds. The van der Waals surface area contributed by atoms with Crippen LogP contribution in [-0.4, -0.2) is 29.3 Å². The molecule has 1 fully saturated rings. The zero-order chi connectivity index (χ0) is 13.0. The fraction of sp³-hybridized carbons (Fsp3) is 0.533. The van der Waals surface area contributed by atoms with Crippen molar-refractivity contribution in [2.45, 2.75) is 38.0 Å². The molecule has 0 aromatic heterocycles. The smallest absolute Gasteiger partial charge is 0.222 e. The van der Waals surface area contributed by atoms with Crippen LogP contribution in [0.2, 0.25) is 0 Å². The first-order valence-corrected chi connectivity index (χ1v) is 7.06. The number of carbonyl (C=O) groups is 1. The highest BCUT2D eigenvalue weighted by Crippen LogP contribution is 2.16. The number of carbonyl (C=O) groups excluding carboxylic acids is 1. The molecule has 1 atom stereocenters. The molecule has 1 aliphatic rings. The number of halogens is 1. The van der Waals surface area contributed by atoms with Gasteiger partial charge in [0, 0.05) is 19.5 Å². The Bertz CT molecular complexity index is 419. The van der Waals surface area contributed by atoms with Gasteiger partial charge in [0.2, 0.25) is 5.91 Å². The Morgan fingerprint density at radius 1 is 1.50 bits per heavy atom. The van der Waals surface area contributed by atoms with Gasteiger partial charge in [0.05, 0.1) is 5.38 Å². The van der Waals surface area contributed by atoms with Crippen LogP contribution >= 0.6 is 11.6 Å². The standard InChI is InChI=1S/C15H20ClNO/c1-12-4-2-5-13(10-12)7-8-15(18)17-9-3-6-14(16)11-17/h2,4-5,10,14H,3,6-9,11H2,1H3. The minimum atomic E-state index is 0.140. The van der Waals surface area contributed by atoms with E-state index in [0.29, 0.717) is 13.0 Å². The number of benzene rings is 1. The molecule has 2 nitrogen and oxygen atoms in total. The topological polar surface area (TPSA) is 20.3 Å². The van der Waals surface area contributed by atoms with E-state index < -0.39 is 0 Å². The van der Waals surface area contributed by atoms with Crippen molar-refractivity contribution in [3.05, 3.63) is 35.4 Å². The molecule has 1 aliphatic heterocycles. The Hall–Kier alpha value is -1.02. The van der Waals surface area contributed by atoms with Crippen molar-refractivity contribution in [3.8, 4) is 0 Å². The zero-order valence-electron chi connectivity index (χ0n) is 10.9. The zero-order valence-corrected chi connectivity index (χ0v) is 11.6. The summed E-state index contributed by atoms with van der Waals surface area (Å²) in [5.74, 6) is 0.238. The lowest BCUT2D eigenvalue weighted by Crippen LogP contribution is -2.40. The third-order valence-corrected chi connectivity index (χ3v) is 3.78. The van der Waals surface area contributed by atoms with Crippen molar-refractivity contribution in [3.63, 3.8) is 0 Å². The number of hydrogen-bond acceptors (Lipinski definition) is 1. The first-order chi connectivity index (χ1) is 8.65. The van der Waals surface area contributed by atoms with Crippen molar-refractivity contribution in [1.82, 2.24) is 4.90 Å². The summed E-state index contributed by atoms with van der Waals surface area (Å²) in [5, 5.41) is 0.140. The monoisotopic (exact) mass is 265 g/mol. The van der Waals surface area contributed by atoms with Crippen LogP contribution < -0.4 is 0 Å². The van der Waals surface area contributed by atoms with E-state index in [9.17, 15) is 4.79 Å². The second-order valence-corrected chi connectivity index (χ2v) is 5.69. The second-order valence-electron chi connectivity index (χ2n) is 5.07. The molecule has 1 saturated heterocycles. The molecule has 1 unspecified atom stereocenters. The van der Waals surface area contributed by atoms with Gasteiger partial charge in [-0.1, -0.05) is 29.8 Å². The van der Waals surface area contributed by atoms with Gasteiger partial charge >= 0.3 is 0 Å². The van der Waals surface area contributed by atoms with Crippen molar-refractivity contribution < 1.29 is 4.79 Å². The number of piperidine rings is 1. The lowest BCUT2D eigenvalue weighted by atomic mass is 10.1. The maximum Gasteiger partial charge on any atom is 0.222 e. The molecule has 0 saturated carbocycles. The molecule has 2 rings (SSSR count). The number of amides is 1. The van der Waals surface area contributed by atoms with Crippen LogP contribution in [0.15, 0.2) is 24.3 Å². The number of rotatable bonds is 3. The normalized spacial score (nSPS) is 19.9. The lowest BCUT2D eigenvalue weighted by Gasteiger charge is -2.29. The highest BCUT2D eigenvalue weighted by atomic mass is 35.5. The van der Waals surface area contributed by atoms with Crippen LogP contribution in [0, 0.1) is 6.92 Å². The van der Waals surface area contributed by atoms with Gasteiger partial charge in [-0.3, -0.25) is 4.79 Å². The van der Waals surface area contributed by atoms with Crippen molar-refractivity contribution in [1.29, 1.82) is 0 Å². The highest BCUT2D eigenvalue weighted by Gasteiger charge is 2.21. The van der Waals surface area contributed by atoms with E-state index in [2.05, 4.69) is 25.1 Å². The number of aryl methyl sites for hydroxylation is 2. The summed E-state index contributed by atoms with van der Waals surface area (Å²) in [4.78, 5) is 14.0. The molecular weight excluding hydrogens is 246 g/mol. The van der Waals surface area contributed by atoms with E-state index in [0.717, 1.165) is 25.8 Å².